The number of methoxy groups -OCH3 is 1. The summed E-state index contributed by atoms with van der Waals surface area (Å²) in [4.78, 5) is 27.6. The third-order valence-electron chi connectivity index (χ3n) is 4.62. The summed E-state index contributed by atoms with van der Waals surface area (Å²) in [6.07, 6.45) is 2.25. The van der Waals surface area contributed by atoms with Gasteiger partial charge < -0.3 is 19.9 Å². The molecule has 1 aromatic carbocycles. The average molecular weight is 365 g/mol. The highest BCUT2D eigenvalue weighted by molar-refractivity contribution is 5.75. The Bertz CT molecular complexity index is 586. The predicted molar refractivity (Wildman–Crippen MR) is 97.1 cm³/mol. The van der Waals surface area contributed by atoms with Gasteiger partial charge in [0.15, 0.2) is 0 Å². The van der Waals surface area contributed by atoms with Gasteiger partial charge in [0.05, 0.1) is 0 Å². The molecule has 0 aliphatic carbocycles. The van der Waals surface area contributed by atoms with Crippen molar-refractivity contribution in [2.45, 2.75) is 38.8 Å². The molecule has 0 bridgehead atoms. The Morgan fingerprint density at radius 3 is 2.50 bits per heavy atom. The minimum absolute atomic E-state index is 0.0660. The van der Waals surface area contributed by atoms with Crippen LogP contribution in [0.5, 0.6) is 0 Å². The van der Waals surface area contributed by atoms with E-state index < -0.39 is 0 Å². The van der Waals surface area contributed by atoms with Crippen LogP contribution in [0.4, 0.5) is 9.18 Å². The maximum atomic E-state index is 13.1. The van der Waals surface area contributed by atoms with Crippen LogP contribution in [0.2, 0.25) is 0 Å². The van der Waals surface area contributed by atoms with Crippen molar-refractivity contribution in [1.29, 1.82) is 0 Å². The first kappa shape index (κ1) is 20.2. The number of hydrogen-bond acceptors (Lipinski definition) is 3. The zero-order chi connectivity index (χ0) is 18.9. The number of benzene rings is 1. The molecular formula is C19H28FN3O3. The number of rotatable bonds is 7. The van der Waals surface area contributed by atoms with Gasteiger partial charge in [-0.05, 0) is 37.0 Å². The number of halogens is 1. The Kier molecular flexibility index (Phi) is 7.84. The number of amides is 3. The normalized spacial score (nSPS) is 15.0. The molecule has 1 fully saturated rings. The van der Waals surface area contributed by atoms with Gasteiger partial charge in [-0.25, -0.2) is 9.18 Å². The highest BCUT2D eigenvalue weighted by Gasteiger charge is 2.24. The lowest BCUT2D eigenvalue weighted by atomic mass is 10.1. The van der Waals surface area contributed by atoms with Gasteiger partial charge in [-0.1, -0.05) is 12.1 Å². The molecule has 1 heterocycles. The summed E-state index contributed by atoms with van der Waals surface area (Å²) in [6, 6.07) is 6.12. The predicted octanol–water partition coefficient (Wildman–Crippen LogP) is 2.38. The second kappa shape index (κ2) is 10.1. The third kappa shape index (κ3) is 6.29. The van der Waals surface area contributed by atoms with Crippen LogP contribution in [0.15, 0.2) is 24.3 Å². The number of piperidine rings is 1. The summed E-state index contributed by atoms with van der Waals surface area (Å²) in [5.41, 5.74) is 0.880. The maximum absolute atomic E-state index is 13.1. The molecule has 1 saturated heterocycles. The molecule has 1 N–H and O–H groups in total. The molecule has 0 spiro atoms. The van der Waals surface area contributed by atoms with Crippen molar-refractivity contribution in [2.75, 3.05) is 33.4 Å². The number of carbonyl (C=O) groups is 2. The quantitative estimate of drug-likeness (QED) is 0.755. The second-order valence-electron chi connectivity index (χ2n) is 6.62. The highest BCUT2D eigenvalue weighted by Crippen LogP contribution is 2.12. The minimum atomic E-state index is -0.290. The molecule has 0 saturated carbocycles. The van der Waals surface area contributed by atoms with Crippen molar-refractivity contribution in [2.24, 2.45) is 0 Å². The number of urea groups is 1. The molecule has 0 unspecified atom stereocenters. The fourth-order valence-corrected chi connectivity index (χ4v) is 3.07. The average Bonchev–Trinajstić information content (AvgIpc) is 2.63. The van der Waals surface area contributed by atoms with E-state index in [2.05, 4.69) is 5.32 Å². The van der Waals surface area contributed by atoms with Gasteiger partial charge in [-0.2, -0.15) is 0 Å². The number of hydrogen-bond donors (Lipinski definition) is 1. The van der Waals surface area contributed by atoms with E-state index >= 15 is 0 Å². The number of ether oxygens (including phenoxy) is 1. The Hall–Kier alpha value is -2.15. The van der Waals surface area contributed by atoms with Crippen LogP contribution in [0.3, 0.4) is 0 Å². The SMILES string of the molecule is COCCCN(Cc1ccc(F)cc1)C(=O)NC1CCN(C(C)=O)CC1. The van der Waals surface area contributed by atoms with Gasteiger partial charge in [0.1, 0.15) is 5.82 Å². The Balaban J connectivity index is 1.92. The molecule has 1 aliphatic rings. The molecular weight excluding hydrogens is 337 g/mol. The molecule has 7 heteroatoms. The summed E-state index contributed by atoms with van der Waals surface area (Å²) in [7, 11) is 1.63. The summed E-state index contributed by atoms with van der Waals surface area (Å²) in [5, 5.41) is 3.07. The molecule has 0 radical (unpaired) electrons. The van der Waals surface area contributed by atoms with Crippen molar-refractivity contribution in [3.8, 4) is 0 Å². The molecule has 0 atom stereocenters. The lowest BCUT2D eigenvalue weighted by Gasteiger charge is -2.33. The van der Waals surface area contributed by atoms with Crippen molar-refractivity contribution in [3.05, 3.63) is 35.6 Å². The summed E-state index contributed by atoms with van der Waals surface area (Å²) in [5.74, 6) is -0.214. The first-order valence-corrected chi connectivity index (χ1v) is 9.04. The first-order chi connectivity index (χ1) is 12.5. The van der Waals surface area contributed by atoms with Gasteiger partial charge >= 0.3 is 6.03 Å². The van der Waals surface area contributed by atoms with E-state index in [0.29, 0.717) is 32.8 Å². The molecule has 3 amide bonds. The highest BCUT2D eigenvalue weighted by atomic mass is 19.1. The van der Waals surface area contributed by atoms with Crippen LogP contribution in [0, 0.1) is 5.82 Å². The maximum Gasteiger partial charge on any atom is 0.317 e. The number of nitrogens with zero attached hydrogens (tertiary/aromatic N) is 2. The largest absolute Gasteiger partial charge is 0.385 e. The fourth-order valence-electron chi connectivity index (χ4n) is 3.07. The molecule has 0 aromatic heterocycles. The van der Waals surface area contributed by atoms with E-state index in [4.69, 9.17) is 4.74 Å². The van der Waals surface area contributed by atoms with Gasteiger partial charge in [0, 0.05) is 52.9 Å². The van der Waals surface area contributed by atoms with Crippen LogP contribution in [-0.2, 0) is 16.1 Å². The van der Waals surface area contributed by atoms with E-state index in [1.54, 1.807) is 36.0 Å². The molecule has 1 aliphatic heterocycles. The van der Waals surface area contributed by atoms with Gasteiger partial charge in [0.25, 0.3) is 0 Å². The van der Waals surface area contributed by atoms with Crippen molar-refractivity contribution >= 4 is 11.9 Å². The smallest absolute Gasteiger partial charge is 0.317 e. The van der Waals surface area contributed by atoms with Crippen molar-refractivity contribution in [3.63, 3.8) is 0 Å². The van der Waals surface area contributed by atoms with Crippen LogP contribution in [-0.4, -0.2) is 61.1 Å². The van der Waals surface area contributed by atoms with E-state index in [9.17, 15) is 14.0 Å². The van der Waals surface area contributed by atoms with Crippen LogP contribution < -0.4 is 5.32 Å². The van der Waals surface area contributed by atoms with Gasteiger partial charge in [-0.15, -0.1) is 0 Å². The van der Waals surface area contributed by atoms with Gasteiger partial charge in [-0.3, -0.25) is 4.79 Å². The van der Waals surface area contributed by atoms with E-state index in [-0.39, 0.29) is 23.8 Å². The van der Waals surface area contributed by atoms with Crippen molar-refractivity contribution < 1.29 is 18.7 Å². The molecule has 26 heavy (non-hydrogen) atoms. The van der Waals surface area contributed by atoms with Crippen LogP contribution in [0.1, 0.15) is 31.7 Å². The standard InChI is InChI=1S/C19H28FN3O3/c1-15(24)22-11-8-18(9-12-22)21-19(25)23(10-3-13-26-2)14-16-4-6-17(20)7-5-16/h4-7,18H,3,8-14H2,1-2H3,(H,21,25). The van der Waals surface area contributed by atoms with Crippen LogP contribution >= 0.6 is 0 Å². The Morgan fingerprint density at radius 2 is 1.92 bits per heavy atom. The zero-order valence-electron chi connectivity index (χ0n) is 15.5. The number of carbonyl (C=O) groups excluding carboxylic acids is 2. The summed E-state index contributed by atoms with van der Waals surface area (Å²) >= 11 is 0. The number of likely N-dealkylation sites (tertiary alicyclic amines) is 1. The summed E-state index contributed by atoms with van der Waals surface area (Å²) in [6.45, 7) is 4.46. The topological polar surface area (TPSA) is 61.9 Å². The molecule has 2 rings (SSSR count). The lowest BCUT2D eigenvalue weighted by Crippen LogP contribution is -2.50. The minimum Gasteiger partial charge on any atom is -0.385 e. The first-order valence-electron chi connectivity index (χ1n) is 9.04. The van der Waals surface area contributed by atoms with Gasteiger partial charge in [0.2, 0.25) is 5.91 Å². The lowest BCUT2D eigenvalue weighted by molar-refractivity contribution is -0.129. The number of nitrogens with one attached hydrogen (secondary N) is 1. The molecule has 144 valence electrons. The third-order valence-corrected chi connectivity index (χ3v) is 4.62. The fraction of sp³-hybridized carbons (Fsp3) is 0.579. The second-order valence-corrected chi connectivity index (χ2v) is 6.62. The van der Waals surface area contributed by atoms with E-state index in [0.717, 1.165) is 24.8 Å². The Labute approximate surface area is 154 Å². The van der Waals surface area contributed by atoms with E-state index in [1.807, 2.05) is 0 Å². The molecule has 6 nitrogen and oxygen atoms in total. The Morgan fingerprint density at radius 1 is 1.27 bits per heavy atom. The zero-order valence-corrected chi connectivity index (χ0v) is 15.5. The molecule has 1 aromatic rings. The monoisotopic (exact) mass is 365 g/mol. The van der Waals surface area contributed by atoms with Crippen LogP contribution in [0.25, 0.3) is 0 Å². The summed E-state index contributed by atoms with van der Waals surface area (Å²) < 4.78 is 18.2. The van der Waals surface area contributed by atoms with E-state index in [1.165, 1.54) is 12.1 Å². The van der Waals surface area contributed by atoms with Crippen molar-refractivity contribution in [1.82, 2.24) is 15.1 Å².